The van der Waals surface area contributed by atoms with Crippen molar-refractivity contribution in [3.05, 3.63) is 24.2 Å². The van der Waals surface area contributed by atoms with Crippen molar-refractivity contribution in [2.75, 3.05) is 6.54 Å². The predicted octanol–water partition coefficient (Wildman–Crippen LogP) is 0.993. The summed E-state index contributed by atoms with van der Waals surface area (Å²) in [5.41, 5.74) is 6.04. The summed E-state index contributed by atoms with van der Waals surface area (Å²) in [6, 6.07) is 1.71. The molecule has 1 aromatic heterocycles. The standard InChI is InChI=1S/C10H16N2O2/c1-7(5-11)8(2)12-10(13)9-3-4-14-6-9/h3-4,6-8H,5,11H2,1-2H3,(H,12,13). The van der Waals surface area contributed by atoms with E-state index >= 15 is 0 Å². The van der Waals surface area contributed by atoms with Crippen LogP contribution in [-0.2, 0) is 0 Å². The Morgan fingerprint density at radius 1 is 1.64 bits per heavy atom. The molecule has 0 saturated carbocycles. The second kappa shape index (κ2) is 4.81. The van der Waals surface area contributed by atoms with E-state index in [9.17, 15) is 4.79 Å². The maximum absolute atomic E-state index is 11.5. The number of hydrogen-bond acceptors (Lipinski definition) is 3. The molecule has 1 aromatic rings. The molecule has 0 aromatic carbocycles. The molecule has 0 bridgehead atoms. The molecule has 0 aliphatic heterocycles. The summed E-state index contributed by atoms with van der Waals surface area (Å²) in [5, 5.41) is 2.85. The van der Waals surface area contributed by atoms with E-state index in [4.69, 9.17) is 10.2 Å². The van der Waals surface area contributed by atoms with Gasteiger partial charge in [0.2, 0.25) is 0 Å². The topological polar surface area (TPSA) is 68.3 Å². The van der Waals surface area contributed by atoms with Crippen LogP contribution >= 0.6 is 0 Å². The van der Waals surface area contributed by atoms with Crippen molar-refractivity contribution in [2.45, 2.75) is 19.9 Å². The van der Waals surface area contributed by atoms with Gasteiger partial charge >= 0.3 is 0 Å². The van der Waals surface area contributed by atoms with Crippen LogP contribution in [0.25, 0.3) is 0 Å². The molecule has 1 rings (SSSR count). The maximum Gasteiger partial charge on any atom is 0.254 e. The second-order valence-corrected chi connectivity index (χ2v) is 3.49. The van der Waals surface area contributed by atoms with Gasteiger partial charge in [-0.1, -0.05) is 6.92 Å². The van der Waals surface area contributed by atoms with Gasteiger partial charge in [0.1, 0.15) is 6.26 Å². The van der Waals surface area contributed by atoms with Crippen molar-refractivity contribution in [1.29, 1.82) is 0 Å². The lowest BCUT2D eigenvalue weighted by molar-refractivity contribution is 0.0929. The zero-order valence-corrected chi connectivity index (χ0v) is 8.49. The third kappa shape index (κ3) is 2.60. The van der Waals surface area contributed by atoms with Gasteiger partial charge in [-0.15, -0.1) is 0 Å². The smallest absolute Gasteiger partial charge is 0.254 e. The van der Waals surface area contributed by atoms with E-state index in [0.717, 1.165) is 0 Å². The van der Waals surface area contributed by atoms with Gasteiger partial charge in [-0.25, -0.2) is 0 Å². The number of nitrogens with two attached hydrogens (primary N) is 1. The van der Waals surface area contributed by atoms with Gasteiger partial charge < -0.3 is 15.5 Å². The summed E-state index contributed by atoms with van der Waals surface area (Å²) >= 11 is 0. The highest BCUT2D eigenvalue weighted by Crippen LogP contribution is 2.03. The van der Waals surface area contributed by atoms with E-state index in [1.54, 1.807) is 6.07 Å². The zero-order valence-electron chi connectivity index (χ0n) is 8.49. The molecule has 2 unspecified atom stereocenters. The number of furan rings is 1. The molecule has 4 nitrogen and oxygen atoms in total. The van der Waals surface area contributed by atoms with E-state index in [-0.39, 0.29) is 17.9 Å². The Hall–Kier alpha value is -1.29. The summed E-state index contributed by atoms with van der Waals surface area (Å²) in [6.07, 6.45) is 2.90. The molecule has 0 radical (unpaired) electrons. The van der Waals surface area contributed by atoms with Gasteiger partial charge in [0.15, 0.2) is 0 Å². The number of carbonyl (C=O) groups is 1. The lowest BCUT2D eigenvalue weighted by Crippen LogP contribution is -2.39. The average molecular weight is 196 g/mol. The van der Waals surface area contributed by atoms with Gasteiger partial charge in [-0.3, -0.25) is 4.79 Å². The number of hydrogen-bond donors (Lipinski definition) is 2. The molecule has 0 fully saturated rings. The van der Waals surface area contributed by atoms with Crippen molar-refractivity contribution in [3.8, 4) is 0 Å². The van der Waals surface area contributed by atoms with Crippen LogP contribution in [0.1, 0.15) is 24.2 Å². The van der Waals surface area contributed by atoms with Crippen LogP contribution in [-0.4, -0.2) is 18.5 Å². The molecular weight excluding hydrogens is 180 g/mol. The highest BCUT2D eigenvalue weighted by atomic mass is 16.3. The number of nitrogens with one attached hydrogen (secondary N) is 1. The minimum atomic E-state index is -0.119. The Labute approximate surface area is 83.5 Å². The minimum absolute atomic E-state index is 0.0717. The van der Waals surface area contributed by atoms with E-state index in [1.807, 2.05) is 13.8 Å². The molecule has 3 N–H and O–H groups in total. The highest BCUT2D eigenvalue weighted by molar-refractivity contribution is 5.93. The molecule has 14 heavy (non-hydrogen) atoms. The zero-order chi connectivity index (χ0) is 10.6. The SMILES string of the molecule is CC(CN)C(C)NC(=O)c1ccoc1. The molecule has 4 heteroatoms. The molecule has 0 saturated heterocycles. The average Bonchev–Trinajstić information content (AvgIpc) is 2.69. The first-order chi connectivity index (χ1) is 6.65. The van der Waals surface area contributed by atoms with Crippen LogP contribution in [0, 0.1) is 5.92 Å². The molecule has 0 aliphatic carbocycles. The largest absolute Gasteiger partial charge is 0.472 e. The van der Waals surface area contributed by atoms with Crippen molar-refractivity contribution >= 4 is 5.91 Å². The normalized spacial score (nSPS) is 14.8. The lowest BCUT2D eigenvalue weighted by Gasteiger charge is -2.19. The summed E-state index contributed by atoms with van der Waals surface area (Å²) in [4.78, 5) is 11.5. The third-order valence-electron chi connectivity index (χ3n) is 2.37. The third-order valence-corrected chi connectivity index (χ3v) is 2.37. The molecule has 1 amide bonds. The van der Waals surface area contributed by atoms with Gasteiger partial charge in [0, 0.05) is 6.04 Å². The van der Waals surface area contributed by atoms with Gasteiger partial charge in [0.25, 0.3) is 5.91 Å². The van der Waals surface area contributed by atoms with E-state index < -0.39 is 0 Å². The van der Waals surface area contributed by atoms with Crippen molar-refractivity contribution in [2.24, 2.45) is 11.7 Å². The molecular formula is C10H16N2O2. The Morgan fingerprint density at radius 3 is 2.86 bits per heavy atom. The molecule has 2 atom stereocenters. The van der Waals surface area contributed by atoms with Gasteiger partial charge in [-0.2, -0.15) is 0 Å². The highest BCUT2D eigenvalue weighted by Gasteiger charge is 2.14. The predicted molar refractivity (Wildman–Crippen MR) is 53.9 cm³/mol. The lowest BCUT2D eigenvalue weighted by atomic mass is 10.0. The number of rotatable bonds is 4. The fourth-order valence-electron chi connectivity index (χ4n) is 1.03. The maximum atomic E-state index is 11.5. The van der Waals surface area contributed by atoms with E-state index in [0.29, 0.717) is 12.1 Å². The first-order valence-corrected chi connectivity index (χ1v) is 4.68. The van der Waals surface area contributed by atoms with E-state index in [1.165, 1.54) is 12.5 Å². The second-order valence-electron chi connectivity index (χ2n) is 3.49. The molecule has 0 aliphatic rings. The first-order valence-electron chi connectivity index (χ1n) is 4.68. The Kier molecular flexibility index (Phi) is 3.71. The summed E-state index contributed by atoms with van der Waals surface area (Å²) < 4.78 is 4.82. The van der Waals surface area contributed by atoms with Crippen LogP contribution in [0.4, 0.5) is 0 Å². The van der Waals surface area contributed by atoms with Crippen molar-refractivity contribution in [1.82, 2.24) is 5.32 Å². The fourth-order valence-corrected chi connectivity index (χ4v) is 1.03. The fraction of sp³-hybridized carbons (Fsp3) is 0.500. The molecule has 0 spiro atoms. The Morgan fingerprint density at radius 2 is 2.36 bits per heavy atom. The van der Waals surface area contributed by atoms with Crippen LogP contribution in [0.5, 0.6) is 0 Å². The van der Waals surface area contributed by atoms with Crippen molar-refractivity contribution < 1.29 is 9.21 Å². The summed E-state index contributed by atoms with van der Waals surface area (Å²) in [7, 11) is 0. The number of amides is 1. The number of carbonyl (C=O) groups excluding carboxylic acids is 1. The van der Waals surface area contributed by atoms with Gasteiger partial charge in [-0.05, 0) is 25.5 Å². The Balaban J connectivity index is 2.49. The van der Waals surface area contributed by atoms with Crippen molar-refractivity contribution in [3.63, 3.8) is 0 Å². The Bertz CT molecular complexity index is 282. The summed E-state index contributed by atoms with van der Waals surface area (Å²) in [6.45, 7) is 4.50. The first kappa shape index (κ1) is 10.8. The summed E-state index contributed by atoms with van der Waals surface area (Å²) in [5.74, 6) is 0.150. The van der Waals surface area contributed by atoms with Crippen LogP contribution in [0.2, 0.25) is 0 Å². The van der Waals surface area contributed by atoms with Crippen LogP contribution < -0.4 is 11.1 Å². The van der Waals surface area contributed by atoms with Crippen LogP contribution in [0.3, 0.4) is 0 Å². The minimum Gasteiger partial charge on any atom is -0.472 e. The monoisotopic (exact) mass is 196 g/mol. The van der Waals surface area contributed by atoms with Crippen LogP contribution in [0.15, 0.2) is 23.0 Å². The molecule has 78 valence electrons. The van der Waals surface area contributed by atoms with E-state index in [2.05, 4.69) is 5.32 Å². The molecule has 1 heterocycles. The quantitative estimate of drug-likeness (QED) is 0.754. The van der Waals surface area contributed by atoms with Gasteiger partial charge in [0.05, 0.1) is 11.8 Å².